The number of nitrogens with one attached hydrogen (secondary N) is 2. The zero-order chi connectivity index (χ0) is 15.5. The minimum atomic E-state index is -3.35. The SMILES string of the molecule is CC1CCC(NS(=O)(=O)c2ccc(CNC(C)C)s2)CC1. The zero-order valence-electron chi connectivity index (χ0n) is 13.1. The second-order valence-corrected chi connectivity index (χ2v) is 9.44. The summed E-state index contributed by atoms with van der Waals surface area (Å²) < 4.78 is 28.1. The minimum absolute atomic E-state index is 0.102. The van der Waals surface area contributed by atoms with Crippen LogP contribution in [0, 0.1) is 5.92 Å². The molecule has 0 bridgehead atoms. The van der Waals surface area contributed by atoms with Gasteiger partial charge in [-0.3, -0.25) is 0 Å². The van der Waals surface area contributed by atoms with Crippen molar-refractivity contribution in [1.29, 1.82) is 0 Å². The lowest BCUT2D eigenvalue weighted by Crippen LogP contribution is -2.36. The fourth-order valence-corrected chi connectivity index (χ4v) is 5.19. The van der Waals surface area contributed by atoms with Gasteiger partial charge in [-0.1, -0.05) is 20.8 Å². The fraction of sp³-hybridized carbons (Fsp3) is 0.733. The predicted molar refractivity (Wildman–Crippen MR) is 88.0 cm³/mol. The Hall–Kier alpha value is -0.430. The fourth-order valence-electron chi connectivity index (χ4n) is 2.56. The van der Waals surface area contributed by atoms with Gasteiger partial charge in [0, 0.05) is 23.5 Å². The molecule has 1 aromatic rings. The first-order chi connectivity index (χ1) is 9.87. The summed E-state index contributed by atoms with van der Waals surface area (Å²) in [7, 11) is -3.35. The van der Waals surface area contributed by atoms with Gasteiger partial charge in [-0.05, 0) is 43.7 Å². The maximum atomic E-state index is 12.4. The van der Waals surface area contributed by atoms with Gasteiger partial charge >= 0.3 is 0 Å². The molecule has 0 unspecified atom stereocenters. The average molecular weight is 331 g/mol. The lowest BCUT2D eigenvalue weighted by molar-refractivity contribution is 0.332. The van der Waals surface area contributed by atoms with Crippen molar-refractivity contribution in [3.05, 3.63) is 17.0 Å². The summed E-state index contributed by atoms with van der Waals surface area (Å²) in [4.78, 5) is 1.06. The lowest BCUT2D eigenvalue weighted by Gasteiger charge is -2.26. The molecule has 1 aromatic heterocycles. The number of hydrogen-bond donors (Lipinski definition) is 2. The van der Waals surface area contributed by atoms with Crippen LogP contribution in [-0.2, 0) is 16.6 Å². The minimum Gasteiger partial charge on any atom is -0.310 e. The molecule has 120 valence electrons. The molecule has 1 heterocycles. The molecule has 1 aliphatic carbocycles. The summed E-state index contributed by atoms with van der Waals surface area (Å²) in [6, 6.07) is 4.12. The van der Waals surface area contributed by atoms with Gasteiger partial charge in [-0.15, -0.1) is 11.3 Å². The van der Waals surface area contributed by atoms with Crippen molar-refractivity contribution >= 4 is 21.4 Å². The molecule has 21 heavy (non-hydrogen) atoms. The van der Waals surface area contributed by atoms with Crippen LogP contribution in [0.25, 0.3) is 0 Å². The Morgan fingerprint density at radius 3 is 2.52 bits per heavy atom. The van der Waals surface area contributed by atoms with Crippen molar-refractivity contribution in [1.82, 2.24) is 10.0 Å². The molecule has 2 rings (SSSR count). The monoisotopic (exact) mass is 330 g/mol. The van der Waals surface area contributed by atoms with Gasteiger partial charge in [0.2, 0.25) is 10.0 Å². The van der Waals surface area contributed by atoms with E-state index in [-0.39, 0.29) is 6.04 Å². The van der Waals surface area contributed by atoms with E-state index in [2.05, 4.69) is 30.8 Å². The Morgan fingerprint density at radius 1 is 1.24 bits per heavy atom. The molecule has 6 heteroatoms. The van der Waals surface area contributed by atoms with E-state index in [1.165, 1.54) is 11.3 Å². The molecule has 0 atom stereocenters. The number of rotatable bonds is 6. The highest BCUT2D eigenvalue weighted by Gasteiger charge is 2.25. The Bertz CT molecular complexity index is 544. The Balaban J connectivity index is 1.96. The standard InChI is InChI=1S/C15H26N2O2S2/c1-11(2)16-10-14-8-9-15(20-14)21(18,19)17-13-6-4-12(3)5-7-13/h8-9,11-13,16-17H,4-7,10H2,1-3H3. The van der Waals surface area contributed by atoms with Gasteiger partial charge in [0.25, 0.3) is 0 Å². The van der Waals surface area contributed by atoms with Crippen LogP contribution in [0.15, 0.2) is 16.3 Å². The highest BCUT2D eigenvalue weighted by molar-refractivity contribution is 7.91. The van der Waals surface area contributed by atoms with Crippen LogP contribution in [-0.4, -0.2) is 20.5 Å². The van der Waals surface area contributed by atoms with Crippen LogP contribution in [0.1, 0.15) is 51.3 Å². The number of sulfonamides is 1. The van der Waals surface area contributed by atoms with Crippen LogP contribution >= 0.6 is 11.3 Å². The molecular weight excluding hydrogens is 304 g/mol. The molecule has 1 saturated carbocycles. The summed E-state index contributed by atoms with van der Waals surface area (Å²) in [5.41, 5.74) is 0. The first-order valence-electron chi connectivity index (χ1n) is 7.71. The molecule has 0 aromatic carbocycles. The van der Waals surface area contributed by atoms with Crippen molar-refractivity contribution in [2.75, 3.05) is 0 Å². The van der Waals surface area contributed by atoms with Gasteiger partial charge in [-0.2, -0.15) is 0 Å². The molecule has 0 amide bonds. The van der Waals surface area contributed by atoms with Crippen molar-refractivity contribution in [2.45, 2.75) is 69.3 Å². The molecule has 0 saturated heterocycles. The van der Waals surface area contributed by atoms with Crippen molar-refractivity contribution < 1.29 is 8.42 Å². The van der Waals surface area contributed by atoms with Gasteiger partial charge in [0.15, 0.2) is 0 Å². The summed E-state index contributed by atoms with van der Waals surface area (Å²) in [6.45, 7) is 7.12. The quantitative estimate of drug-likeness (QED) is 0.842. The van der Waals surface area contributed by atoms with E-state index >= 15 is 0 Å². The van der Waals surface area contributed by atoms with Crippen LogP contribution in [0.3, 0.4) is 0 Å². The van der Waals surface area contributed by atoms with Crippen LogP contribution in [0.2, 0.25) is 0 Å². The highest BCUT2D eigenvalue weighted by Crippen LogP contribution is 2.26. The van der Waals surface area contributed by atoms with E-state index in [0.717, 1.165) is 43.0 Å². The lowest BCUT2D eigenvalue weighted by atomic mass is 9.88. The van der Waals surface area contributed by atoms with E-state index in [0.29, 0.717) is 10.3 Å². The number of hydrogen-bond acceptors (Lipinski definition) is 4. The van der Waals surface area contributed by atoms with E-state index in [1.54, 1.807) is 6.07 Å². The second kappa shape index (κ2) is 7.22. The third-order valence-corrected chi connectivity index (χ3v) is 7.02. The van der Waals surface area contributed by atoms with E-state index in [9.17, 15) is 8.42 Å². The van der Waals surface area contributed by atoms with Crippen molar-refractivity contribution in [3.63, 3.8) is 0 Å². The van der Waals surface area contributed by atoms with E-state index in [4.69, 9.17) is 0 Å². The smallest absolute Gasteiger partial charge is 0.250 e. The third kappa shape index (κ3) is 5.06. The second-order valence-electron chi connectivity index (χ2n) is 6.33. The topological polar surface area (TPSA) is 58.2 Å². The Kier molecular flexibility index (Phi) is 5.82. The Morgan fingerprint density at radius 2 is 1.90 bits per heavy atom. The van der Waals surface area contributed by atoms with Gasteiger partial charge in [0.1, 0.15) is 4.21 Å². The normalized spacial score (nSPS) is 23.6. The molecule has 0 aliphatic heterocycles. The van der Waals surface area contributed by atoms with Gasteiger partial charge < -0.3 is 5.32 Å². The van der Waals surface area contributed by atoms with E-state index in [1.807, 2.05) is 6.07 Å². The first kappa shape index (κ1) is 16.9. The van der Waals surface area contributed by atoms with Crippen LogP contribution < -0.4 is 10.0 Å². The highest BCUT2D eigenvalue weighted by atomic mass is 32.2. The first-order valence-corrected chi connectivity index (χ1v) is 10.0. The molecule has 4 nitrogen and oxygen atoms in total. The summed E-state index contributed by atoms with van der Waals surface area (Å²) in [6.07, 6.45) is 4.13. The van der Waals surface area contributed by atoms with Gasteiger partial charge in [0.05, 0.1) is 0 Å². The van der Waals surface area contributed by atoms with Crippen molar-refractivity contribution in [2.24, 2.45) is 5.92 Å². The largest absolute Gasteiger partial charge is 0.310 e. The molecule has 0 spiro atoms. The maximum absolute atomic E-state index is 12.4. The van der Waals surface area contributed by atoms with Crippen LogP contribution in [0.5, 0.6) is 0 Å². The molecule has 1 aliphatic rings. The summed E-state index contributed by atoms with van der Waals surface area (Å²) >= 11 is 1.36. The van der Waals surface area contributed by atoms with Crippen molar-refractivity contribution in [3.8, 4) is 0 Å². The summed E-state index contributed by atoms with van der Waals surface area (Å²) in [5.74, 6) is 0.723. The number of thiophene rings is 1. The van der Waals surface area contributed by atoms with Gasteiger partial charge in [-0.25, -0.2) is 13.1 Å². The molecular formula is C15H26N2O2S2. The Labute approximate surface area is 132 Å². The third-order valence-electron chi connectivity index (χ3n) is 3.92. The molecule has 2 N–H and O–H groups in total. The zero-order valence-corrected chi connectivity index (χ0v) is 14.7. The maximum Gasteiger partial charge on any atom is 0.250 e. The molecule has 1 fully saturated rings. The van der Waals surface area contributed by atoms with E-state index < -0.39 is 10.0 Å². The summed E-state index contributed by atoms with van der Waals surface area (Å²) in [5, 5.41) is 3.31. The predicted octanol–water partition coefficient (Wildman–Crippen LogP) is 3.10. The van der Waals surface area contributed by atoms with Crippen LogP contribution in [0.4, 0.5) is 0 Å². The molecule has 0 radical (unpaired) electrons. The average Bonchev–Trinajstić information content (AvgIpc) is 2.88.